The van der Waals surface area contributed by atoms with Crippen molar-refractivity contribution in [3.8, 4) is 0 Å². The molecule has 2 aromatic carbocycles. The highest BCUT2D eigenvalue weighted by molar-refractivity contribution is 7.98. The van der Waals surface area contributed by atoms with E-state index in [4.69, 9.17) is 0 Å². The van der Waals surface area contributed by atoms with Crippen LogP contribution in [0.15, 0.2) is 53.6 Å². The molecular formula is C21H20F2N4O2S. The van der Waals surface area contributed by atoms with E-state index in [1.165, 1.54) is 17.8 Å². The number of halogens is 2. The number of hydrogen-bond acceptors (Lipinski definition) is 6. The van der Waals surface area contributed by atoms with Crippen LogP contribution in [-0.2, 0) is 12.3 Å². The fourth-order valence-electron chi connectivity index (χ4n) is 2.62. The summed E-state index contributed by atoms with van der Waals surface area (Å²) in [5.41, 5.74) is 1.12. The number of carboxylic acid groups (broad SMARTS) is 1. The Labute approximate surface area is 177 Å². The quantitative estimate of drug-likeness (QED) is 0.404. The van der Waals surface area contributed by atoms with Crippen LogP contribution in [0.5, 0.6) is 0 Å². The number of nitrogens with zero attached hydrogens (tertiary/aromatic N) is 3. The number of anilines is 2. The van der Waals surface area contributed by atoms with E-state index < -0.39 is 17.6 Å². The molecule has 0 spiro atoms. The molecule has 0 aliphatic carbocycles. The van der Waals surface area contributed by atoms with E-state index in [1.54, 1.807) is 19.0 Å². The van der Waals surface area contributed by atoms with Crippen LogP contribution in [0.25, 0.3) is 0 Å². The van der Waals surface area contributed by atoms with Gasteiger partial charge in [0.05, 0.1) is 0 Å². The van der Waals surface area contributed by atoms with Crippen molar-refractivity contribution in [1.29, 1.82) is 0 Å². The van der Waals surface area contributed by atoms with Gasteiger partial charge in [0, 0.05) is 38.0 Å². The molecule has 2 N–H and O–H groups in total. The molecular weight excluding hydrogens is 410 g/mol. The number of nitrogens with one attached hydrogen (secondary N) is 1. The van der Waals surface area contributed by atoms with E-state index in [0.29, 0.717) is 16.7 Å². The number of thioether (sulfide) groups is 1. The molecule has 3 aromatic rings. The van der Waals surface area contributed by atoms with Gasteiger partial charge < -0.3 is 15.3 Å². The standard InChI is InChI=1S/C21H20F2N4O2S/c1-27(2)21-25-18(24-11-14-8-9-15(22)10-16(14)23)17(20(28)29)19(26-21)30-12-13-6-4-3-5-7-13/h3-10H,11-12H2,1-2H3,(H,28,29)(H,24,25,26). The molecule has 0 fully saturated rings. The van der Waals surface area contributed by atoms with Crippen LogP contribution in [0, 0.1) is 11.6 Å². The van der Waals surface area contributed by atoms with Crippen LogP contribution in [0.1, 0.15) is 21.5 Å². The van der Waals surface area contributed by atoms with Crippen LogP contribution < -0.4 is 10.2 Å². The molecule has 0 atom stereocenters. The third kappa shape index (κ3) is 5.24. The number of benzene rings is 2. The van der Waals surface area contributed by atoms with Crippen molar-refractivity contribution >= 4 is 29.5 Å². The molecule has 0 bridgehead atoms. The highest BCUT2D eigenvalue weighted by Gasteiger charge is 2.22. The molecule has 0 aliphatic heterocycles. The Kier molecular flexibility index (Phi) is 6.83. The number of aromatic carboxylic acids is 1. The van der Waals surface area contributed by atoms with Gasteiger partial charge in [-0.25, -0.2) is 18.6 Å². The van der Waals surface area contributed by atoms with Crippen molar-refractivity contribution in [2.45, 2.75) is 17.3 Å². The Morgan fingerprint density at radius 1 is 1.13 bits per heavy atom. The van der Waals surface area contributed by atoms with Crippen molar-refractivity contribution in [2.24, 2.45) is 0 Å². The zero-order valence-corrected chi connectivity index (χ0v) is 17.2. The Morgan fingerprint density at radius 3 is 2.50 bits per heavy atom. The van der Waals surface area contributed by atoms with E-state index in [-0.39, 0.29) is 23.5 Å². The summed E-state index contributed by atoms with van der Waals surface area (Å²) in [4.78, 5) is 22.3. The molecule has 1 aromatic heterocycles. The van der Waals surface area contributed by atoms with Crippen LogP contribution in [-0.4, -0.2) is 35.1 Å². The Hall–Kier alpha value is -3.20. The lowest BCUT2D eigenvalue weighted by molar-refractivity contribution is 0.0693. The second kappa shape index (κ2) is 9.53. The first-order valence-electron chi connectivity index (χ1n) is 9.02. The van der Waals surface area contributed by atoms with Gasteiger partial charge in [0.2, 0.25) is 5.95 Å². The van der Waals surface area contributed by atoms with Crippen molar-refractivity contribution in [1.82, 2.24) is 9.97 Å². The zero-order valence-electron chi connectivity index (χ0n) is 16.4. The summed E-state index contributed by atoms with van der Waals surface area (Å²) in [6, 6.07) is 12.8. The highest BCUT2D eigenvalue weighted by Crippen LogP contribution is 2.30. The summed E-state index contributed by atoms with van der Waals surface area (Å²) in [6.07, 6.45) is 0. The van der Waals surface area contributed by atoms with E-state index >= 15 is 0 Å². The highest BCUT2D eigenvalue weighted by atomic mass is 32.2. The third-order valence-electron chi connectivity index (χ3n) is 4.16. The molecule has 0 unspecified atom stereocenters. The second-order valence-electron chi connectivity index (χ2n) is 6.62. The molecule has 0 saturated heterocycles. The number of carboxylic acids is 1. The fraction of sp³-hybridized carbons (Fsp3) is 0.190. The number of aromatic nitrogens is 2. The van der Waals surface area contributed by atoms with Crippen molar-refractivity contribution in [3.05, 3.63) is 76.9 Å². The minimum atomic E-state index is -1.20. The molecule has 9 heteroatoms. The number of rotatable bonds is 8. The van der Waals surface area contributed by atoms with Gasteiger partial charge in [0.1, 0.15) is 28.0 Å². The summed E-state index contributed by atoms with van der Waals surface area (Å²) in [5, 5.41) is 13.0. The minimum absolute atomic E-state index is 0.0565. The summed E-state index contributed by atoms with van der Waals surface area (Å²) in [7, 11) is 3.48. The minimum Gasteiger partial charge on any atom is -0.477 e. The maximum absolute atomic E-state index is 14.0. The van der Waals surface area contributed by atoms with Gasteiger partial charge in [-0.3, -0.25) is 0 Å². The molecule has 6 nitrogen and oxygen atoms in total. The Bertz CT molecular complexity index is 1050. The number of hydrogen-bond donors (Lipinski definition) is 2. The van der Waals surface area contributed by atoms with Gasteiger partial charge in [-0.1, -0.05) is 36.4 Å². The number of carbonyl (C=O) groups is 1. The van der Waals surface area contributed by atoms with Crippen LogP contribution >= 0.6 is 11.8 Å². The molecule has 0 saturated carbocycles. The van der Waals surface area contributed by atoms with E-state index in [0.717, 1.165) is 17.7 Å². The third-order valence-corrected chi connectivity index (χ3v) is 5.20. The fourth-order valence-corrected chi connectivity index (χ4v) is 3.59. The maximum Gasteiger partial charge on any atom is 0.342 e. The van der Waals surface area contributed by atoms with Crippen LogP contribution in [0.4, 0.5) is 20.5 Å². The van der Waals surface area contributed by atoms with Gasteiger partial charge in [0.25, 0.3) is 0 Å². The summed E-state index contributed by atoms with van der Waals surface area (Å²) in [5.74, 6) is -1.69. The lowest BCUT2D eigenvalue weighted by Crippen LogP contribution is -2.18. The van der Waals surface area contributed by atoms with Crippen LogP contribution in [0.3, 0.4) is 0 Å². The smallest absolute Gasteiger partial charge is 0.342 e. The van der Waals surface area contributed by atoms with Gasteiger partial charge in [-0.15, -0.1) is 11.8 Å². The first-order chi connectivity index (χ1) is 14.3. The molecule has 0 radical (unpaired) electrons. The lowest BCUT2D eigenvalue weighted by atomic mass is 10.2. The van der Waals surface area contributed by atoms with E-state index in [2.05, 4.69) is 15.3 Å². The summed E-state index contributed by atoms with van der Waals surface area (Å²) in [6.45, 7) is -0.0565. The molecule has 30 heavy (non-hydrogen) atoms. The Balaban J connectivity index is 1.93. The first kappa shape index (κ1) is 21.5. The SMILES string of the molecule is CN(C)c1nc(NCc2ccc(F)cc2F)c(C(=O)O)c(SCc2ccccc2)n1. The van der Waals surface area contributed by atoms with Crippen molar-refractivity contribution in [2.75, 3.05) is 24.3 Å². The summed E-state index contributed by atoms with van der Waals surface area (Å²) < 4.78 is 27.1. The summed E-state index contributed by atoms with van der Waals surface area (Å²) >= 11 is 1.28. The van der Waals surface area contributed by atoms with Gasteiger partial charge in [-0.05, 0) is 11.6 Å². The average molecular weight is 430 g/mol. The van der Waals surface area contributed by atoms with E-state index in [1.807, 2.05) is 30.3 Å². The second-order valence-corrected chi connectivity index (χ2v) is 7.58. The molecule has 0 aliphatic rings. The predicted molar refractivity (Wildman–Crippen MR) is 113 cm³/mol. The van der Waals surface area contributed by atoms with Gasteiger partial charge in [0.15, 0.2) is 0 Å². The zero-order chi connectivity index (χ0) is 21.7. The topological polar surface area (TPSA) is 78.4 Å². The Morgan fingerprint density at radius 2 is 1.87 bits per heavy atom. The lowest BCUT2D eigenvalue weighted by Gasteiger charge is -2.17. The van der Waals surface area contributed by atoms with Gasteiger partial charge >= 0.3 is 5.97 Å². The maximum atomic E-state index is 14.0. The largest absolute Gasteiger partial charge is 0.477 e. The normalized spacial score (nSPS) is 10.7. The molecule has 0 amide bonds. The molecule has 156 valence electrons. The van der Waals surface area contributed by atoms with E-state index in [9.17, 15) is 18.7 Å². The van der Waals surface area contributed by atoms with Gasteiger partial charge in [-0.2, -0.15) is 4.98 Å². The average Bonchev–Trinajstić information content (AvgIpc) is 2.71. The monoisotopic (exact) mass is 430 g/mol. The van der Waals surface area contributed by atoms with Crippen molar-refractivity contribution in [3.63, 3.8) is 0 Å². The molecule has 3 rings (SSSR count). The predicted octanol–water partition coefficient (Wildman–Crippen LogP) is 4.42. The van der Waals surface area contributed by atoms with Crippen molar-refractivity contribution < 1.29 is 18.7 Å². The molecule has 1 heterocycles. The van der Waals surface area contributed by atoms with Crippen LogP contribution in [0.2, 0.25) is 0 Å². The first-order valence-corrected chi connectivity index (χ1v) is 10.0.